The van der Waals surface area contributed by atoms with Crippen molar-refractivity contribution in [1.82, 2.24) is 19.9 Å². The minimum absolute atomic E-state index is 0.979. The topological polar surface area (TPSA) is 51.6 Å². The van der Waals surface area contributed by atoms with E-state index in [1.54, 1.807) is 12.4 Å². The Kier molecular flexibility index (Phi) is 76.1. The molecule has 542 valence electrons. The number of allylic oxidation sites excluding steroid dienone is 2. The zero-order valence-corrected chi connectivity index (χ0v) is 66.9. The Morgan fingerprint density at radius 1 is 0.263 bits per heavy atom. The fourth-order valence-electron chi connectivity index (χ4n) is 7.73. The molecule has 0 atom stereocenters. The number of pyridine rings is 4. The van der Waals surface area contributed by atoms with Crippen molar-refractivity contribution in [2.75, 3.05) is 0 Å². The van der Waals surface area contributed by atoms with Crippen LogP contribution in [0.1, 0.15) is 270 Å². The molecule has 5 aromatic carbocycles. The van der Waals surface area contributed by atoms with Gasteiger partial charge in [-0.15, -0.1) is 11.8 Å². The molecule has 0 amide bonds. The number of nitrogens with zero attached hydrogens (tertiary/aromatic N) is 4. The van der Waals surface area contributed by atoms with Crippen LogP contribution in [0.15, 0.2) is 237 Å². The third-order valence-electron chi connectivity index (χ3n) is 13.6. The SMILES string of the molecule is CC.CC.CCC.CCC.CCCC.CCCC.CCCC#CCCC.CCCC=CCCC.CCCc1ccccc1.CCc1ccc(-c2ccccc2)cc1.CCc1ccc(-c2ccccc2)cc1.CCc1ccc(-c2cccnc2)cn1.CCc1ccc(-c2cccnc2)cn1. The second kappa shape index (κ2) is 77.4. The summed E-state index contributed by atoms with van der Waals surface area (Å²) in [5.41, 5.74) is 16.1. The zero-order chi connectivity index (χ0) is 74.5. The van der Waals surface area contributed by atoms with E-state index in [-0.39, 0.29) is 0 Å². The molecule has 0 saturated carbocycles. The van der Waals surface area contributed by atoms with Crippen LogP contribution in [0.5, 0.6) is 0 Å². The predicted molar refractivity (Wildman–Crippen MR) is 449 cm³/mol. The molecule has 9 aromatic rings. The first-order valence-corrected chi connectivity index (χ1v) is 38.7. The molecular weight excluding hydrogens is 1200 g/mol. The summed E-state index contributed by atoms with van der Waals surface area (Å²) in [6, 6.07) is 65.3. The molecule has 0 aliphatic heterocycles. The number of rotatable bonds is 18. The van der Waals surface area contributed by atoms with Crippen LogP contribution in [0, 0.1) is 11.8 Å². The molecule has 0 spiro atoms. The monoisotopic (exact) mass is 1340 g/mol. The van der Waals surface area contributed by atoms with Crippen LogP contribution in [0.4, 0.5) is 0 Å². The van der Waals surface area contributed by atoms with Crippen molar-refractivity contribution >= 4 is 0 Å². The van der Waals surface area contributed by atoms with Crippen LogP contribution in [-0.2, 0) is 32.1 Å². The highest BCUT2D eigenvalue weighted by atomic mass is 14.7. The summed E-state index contributed by atoms with van der Waals surface area (Å²) in [4.78, 5) is 16.8. The summed E-state index contributed by atoms with van der Waals surface area (Å²) < 4.78 is 0. The first-order valence-electron chi connectivity index (χ1n) is 38.7. The van der Waals surface area contributed by atoms with Crippen LogP contribution in [0.2, 0.25) is 0 Å². The quantitative estimate of drug-likeness (QED) is 0.0635. The highest BCUT2D eigenvalue weighted by Gasteiger charge is 2.00. The van der Waals surface area contributed by atoms with E-state index in [2.05, 4.69) is 313 Å². The molecule has 0 unspecified atom stereocenters. The fraction of sp³-hybridized carbons (Fsp3) is 0.432. The van der Waals surface area contributed by atoms with Crippen LogP contribution < -0.4 is 0 Å². The summed E-state index contributed by atoms with van der Waals surface area (Å²) in [6.45, 7) is 44.7. The highest BCUT2D eigenvalue weighted by Crippen LogP contribution is 2.22. The van der Waals surface area contributed by atoms with Crippen molar-refractivity contribution in [3.63, 3.8) is 0 Å². The third kappa shape index (κ3) is 56.6. The van der Waals surface area contributed by atoms with E-state index in [1.807, 2.05) is 88.9 Å². The van der Waals surface area contributed by atoms with Gasteiger partial charge in [-0.05, 0) is 121 Å². The van der Waals surface area contributed by atoms with Crippen LogP contribution in [0.25, 0.3) is 44.5 Å². The smallest absolute Gasteiger partial charge is 0.0401 e. The average Bonchev–Trinajstić information content (AvgIpc) is 0.992. The number of unbranched alkanes of at least 4 members (excludes halogenated alkanes) is 6. The van der Waals surface area contributed by atoms with Crippen molar-refractivity contribution in [3.05, 3.63) is 265 Å². The third-order valence-corrected chi connectivity index (χ3v) is 13.6. The largest absolute Gasteiger partial charge is 0.264 e. The molecule has 4 nitrogen and oxygen atoms in total. The minimum atomic E-state index is 0.979. The van der Waals surface area contributed by atoms with Crippen molar-refractivity contribution in [2.45, 2.75) is 274 Å². The van der Waals surface area contributed by atoms with Crippen LogP contribution in [-0.4, -0.2) is 19.9 Å². The van der Waals surface area contributed by atoms with E-state index >= 15 is 0 Å². The molecule has 4 aromatic heterocycles. The van der Waals surface area contributed by atoms with Gasteiger partial charge in [0, 0.05) is 83.7 Å². The van der Waals surface area contributed by atoms with Crippen LogP contribution in [0.3, 0.4) is 0 Å². The summed E-state index contributed by atoms with van der Waals surface area (Å²) in [5.74, 6) is 6.17. The maximum Gasteiger partial charge on any atom is 0.0401 e. The maximum atomic E-state index is 4.35. The molecule has 0 N–H and O–H groups in total. The molecule has 0 aliphatic carbocycles. The number of aryl methyl sites for hydroxylation is 5. The number of hydrogen-bond acceptors (Lipinski definition) is 4. The van der Waals surface area contributed by atoms with E-state index in [9.17, 15) is 0 Å². The van der Waals surface area contributed by atoms with Crippen molar-refractivity contribution in [3.8, 4) is 56.3 Å². The second-order valence-corrected chi connectivity index (χ2v) is 22.7. The van der Waals surface area contributed by atoms with Gasteiger partial charge in [-0.2, -0.15) is 0 Å². The molecule has 0 saturated heterocycles. The molecule has 99 heavy (non-hydrogen) atoms. The van der Waals surface area contributed by atoms with Gasteiger partial charge in [0.2, 0.25) is 0 Å². The van der Waals surface area contributed by atoms with Gasteiger partial charge >= 0.3 is 0 Å². The molecule has 0 radical (unpaired) electrons. The molecule has 4 heterocycles. The van der Waals surface area contributed by atoms with Gasteiger partial charge in [-0.25, -0.2) is 0 Å². The summed E-state index contributed by atoms with van der Waals surface area (Å²) in [7, 11) is 0. The van der Waals surface area contributed by atoms with E-state index < -0.39 is 0 Å². The van der Waals surface area contributed by atoms with Gasteiger partial charge in [-0.3, -0.25) is 19.9 Å². The van der Waals surface area contributed by atoms with Gasteiger partial charge in [0.1, 0.15) is 0 Å². The van der Waals surface area contributed by atoms with E-state index in [1.165, 1.54) is 129 Å². The lowest BCUT2D eigenvalue weighted by Gasteiger charge is -2.02. The van der Waals surface area contributed by atoms with Gasteiger partial charge < -0.3 is 0 Å². The van der Waals surface area contributed by atoms with Gasteiger partial charge in [0.25, 0.3) is 0 Å². The lowest BCUT2D eigenvalue weighted by atomic mass is 10.0. The summed E-state index contributed by atoms with van der Waals surface area (Å²) in [5, 5.41) is 0. The second-order valence-electron chi connectivity index (χ2n) is 22.7. The Bertz CT molecular complexity index is 2700. The van der Waals surface area contributed by atoms with Gasteiger partial charge in [0.05, 0.1) is 0 Å². The molecule has 0 aliphatic rings. The molecule has 0 bridgehead atoms. The molecule has 4 heteroatoms. The summed E-state index contributed by atoms with van der Waals surface area (Å²) >= 11 is 0. The fourth-order valence-corrected chi connectivity index (χ4v) is 7.73. The van der Waals surface area contributed by atoms with Gasteiger partial charge in [-0.1, -0.05) is 379 Å². The summed E-state index contributed by atoms with van der Waals surface area (Å²) in [6.07, 6.45) is 39.6. The molecule has 9 rings (SSSR count). The average molecular weight is 1340 g/mol. The Morgan fingerprint density at radius 3 is 0.798 bits per heavy atom. The minimum Gasteiger partial charge on any atom is -0.264 e. The number of aromatic nitrogens is 4. The van der Waals surface area contributed by atoms with Crippen molar-refractivity contribution in [2.24, 2.45) is 0 Å². The number of benzene rings is 5. The molecular formula is C95H142N4. The maximum absolute atomic E-state index is 4.35. The van der Waals surface area contributed by atoms with Crippen molar-refractivity contribution < 1.29 is 0 Å². The zero-order valence-electron chi connectivity index (χ0n) is 66.9. The van der Waals surface area contributed by atoms with Crippen LogP contribution >= 0.6 is 0 Å². The Morgan fingerprint density at radius 2 is 0.556 bits per heavy atom. The van der Waals surface area contributed by atoms with Gasteiger partial charge in [0.15, 0.2) is 0 Å². The normalized spacial score (nSPS) is 9.14. The van der Waals surface area contributed by atoms with E-state index in [0.717, 1.165) is 72.2 Å². The van der Waals surface area contributed by atoms with E-state index in [4.69, 9.17) is 0 Å². The standard InChI is InChI=1S/2C14H14.2C12H12N2.C9H12.C8H16.C8H14.2C4H10.2C3H8.2C2H6/c2*1-2-12-8-10-14(11-9-12)13-6-4-3-5-7-13;2*1-2-12-6-5-11(9-14-12)10-4-3-7-13-8-10;1-2-6-9-7-4-3-5-8-9;2*1-3-5-7-8-6-4-2;2*1-3-4-2;2*1-3-2;2*1-2/h2*3-11H,2H2,1H3;2*3-9H,2H2,1H3;3-5,7-8H,2,6H2,1H3;7-8H,3-6H2,1-2H3;3-6H2,1-2H3;2*3-4H2,1-2H3;2*3H2,1-2H3;2*1-2H3. The first-order chi connectivity index (χ1) is 48.5. The predicted octanol–water partition coefficient (Wildman–Crippen LogP) is 30.1. The Labute approximate surface area is 612 Å². The lowest BCUT2D eigenvalue weighted by molar-refractivity contribution is 0.886. The lowest BCUT2D eigenvalue weighted by Crippen LogP contribution is -1.86. The van der Waals surface area contributed by atoms with E-state index in [0.29, 0.717) is 0 Å². The Hall–Kier alpha value is -8.00. The molecule has 0 fully saturated rings. The Balaban J connectivity index is -0.000000515. The van der Waals surface area contributed by atoms with Crippen molar-refractivity contribution in [1.29, 1.82) is 0 Å². The first kappa shape index (κ1) is 97.4. The number of hydrogen-bond donors (Lipinski definition) is 0. The highest BCUT2D eigenvalue weighted by molar-refractivity contribution is 5.65.